The molecule has 1 aromatic heterocycles. The first-order valence-corrected chi connectivity index (χ1v) is 9.98. The molecule has 0 saturated heterocycles. The van der Waals surface area contributed by atoms with Crippen LogP contribution in [0.15, 0.2) is 71.1 Å². The first-order chi connectivity index (χ1) is 14.7. The Morgan fingerprint density at radius 3 is 2.37 bits per heavy atom. The second-order valence-corrected chi connectivity index (χ2v) is 7.31. The van der Waals surface area contributed by atoms with Crippen molar-refractivity contribution in [1.82, 2.24) is 5.32 Å². The summed E-state index contributed by atoms with van der Waals surface area (Å²) in [6.07, 6.45) is 3.00. The number of furan rings is 1. The fourth-order valence-corrected chi connectivity index (χ4v) is 3.69. The lowest BCUT2D eigenvalue weighted by Crippen LogP contribution is -2.48. The predicted molar refractivity (Wildman–Crippen MR) is 111 cm³/mol. The van der Waals surface area contributed by atoms with E-state index in [-0.39, 0.29) is 12.4 Å². The molecule has 2 aromatic carbocycles. The fraction of sp³-hybridized carbons (Fsp3) is 0.250. The van der Waals surface area contributed by atoms with E-state index in [4.69, 9.17) is 13.9 Å². The molecule has 0 atom stereocenters. The van der Waals surface area contributed by atoms with E-state index in [1.54, 1.807) is 12.1 Å². The number of carbonyl (C=O) groups excluding carboxylic acids is 2. The maximum absolute atomic E-state index is 12.5. The Labute approximate surface area is 174 Å². The van der Waals surface area contributed by atoms with Crippen molar-refractivity contribution in [2.24, 2.45) is 0 Å². The molecule has 1 heterocycles. The zero-order valence-corrected chi connectivity index (χ0v) is 16.5. The quantitative estimate of drug-likeness (QED) is 0.434. The largest absolute Gasteiger partial charge is 0.486 e. The molecular formula is C24H23NO5. The van der Waals surface area contributed by atoms with Crippen LogP contribution in [0.4, 0.5) is 0 Å². The third-order valence-electron chi connectivity index (χ3n) is 5.25. The standard InChI is InChI=1S/C24H23NO5/c26-17-29-24(14-4-5-15-24)25-23(27)22-13-12-21(30-22)16-28-20-10-8-19(9-11-20)18-6-2-1-3-7-18/h1-3,6-13,17H,4-5,14-16H2,(H,25,27). The van der Waals surface area contributed by atoms with Gasteiger partial charge in [-0.3, -0.25) is 9.59 Å². The molecule has 6 heteroatoms. The molecule has 1 fully saturated rings. The number of nitrogens with one attached hydrogen (secondary N) is 1. The molecule has 1 saturated carbocycles. The SMILES string of the molecule is O=COC1(NC(=O)c2ccc(COc3ccc(-c4ccccc4)cc3)o2)CCCC1. The van der Waals surface area contributed by atoms with E-state index in [1.807, 2.05) is 42.5 Å². The lowest BCUT2D eigenvalue weighted by atomic mass is 10.1. The number of hydrogen-bond donors (Lipinski definition) is 1. The zero-order chi connectivity index (χ0) is 20.8. The zero-order valence-electron chi connectivity index (χ0n) is 16.5. The monoisotopic (exact) mass is 405 g/mol. The molecule has 0 radical (unpaired) electrons. The van der Waals surface area contributed by atoms with E-state index in [0.29, 0.717) is 30.8 Å². The normalized spacial score (nSPS) is 14.8. The molecule has 30 heavy (non-hydrogen) atoms. The number of hydrogen-bond acceptors (Lipinski definition) is 5. The van der Waals surface area contributed by atoms with Gasteiger partial charge in [-0.15, -0.1) is 0 Å². The number of ether oxygens (including phenoxy) is 2. The van der Waals surface area contributed by atoms with E-state index in [0.717, 1.165) is 24.0 Å². The Kier molecular flexibility index (Phi) is 5.84. The highest BCUT2D eigenvalue weighted by Crippen LogP contribution is 2.30. The third-order valence-corrected chi connectivity index (χ3v) is 5.25. The molecule has 154 valence electrons. The Bertz CT molecular complexity index is 988. The molecule has 4 rings (SSSR count). The van der Waals surface area contributed by atoms with Crippen LogP contribution < -0.4 is 10.1 Å². The van der Waals surface area contributed by atoms with Gasteiger partial charge in [-0.05, 0) is 48.2 Å². The van der Waals surface area contributed by atoms with Crippen LogP contribution in [-0.2, 0) is 16.1 Å². The summed E-state index contributed by atoms with van der Waals surface area (Å²) in [6, 6.07) is 21.2. The Balaban J connectivity index is 1.34. The average molecular weight is 405 g/mol. The molecule has 0 spiro atoms. The van der Waals surface area contributed by atoms with E-state index in [2.05, 4.69) is 17.4 Å². The van der Waals surface area contributed by atoms with Crippen LogP contribution in [0.5, 0.6) is 5.75 Å². The lowest BCUT2D eigenvalue weighted by molar-refractivity contribution is -0.145. The molecule has 1 aliphatic carbocycles. The fourth-order valence-electron chi connectivity index (χ4n) is 3.69. The van der Waals surface area contributed by atoms with Gasteiger partial charge in [0.25, 0.3) is 12.4 Å². The lowest BCUT2D eigenvalue weighted by Gasteiger charge is -2.27. The van der Waals surface area contributed by atoms with Gasteiger partial charge in [-0.25, -0.2) is 0 Å². The van der Waals surface area contributed by atoms with Crippen LogP contribution in [0, 0.1) is 0 Å². The summed E-state index contributed by atoms with van der Waals surface area (Å²) >= 11 is 0. The topological polar surface area (TPSA) is 77.8 Å². The number of rotatable bonds is 8. The first-order valence-electron chi connectivity index (χ1n) is 9.98. The van der Waals surface area contributed by atoms with Crippen molar-refractivity contribution < 1.29 is 23.5 Å². The van der Waals surface area contributed by atoms with Crippen LogP contribution in [0.1, 0.15) is 42.0 Å². The Morgan fingerprint density at radius 2 is 1.67 bits per heavy atom. The van der Waals surface area contributed by atoms with Gasteiger partial charge in [-0.1, -0.05) is 42.5 Å². The van der Waals surface area contributed by atoms with Gasteiger partial charge in [0.05, 0.1) is 0 Å². The van der Waals surface area contributed by atoms with Crippen molar-refractivity contribution in [2.45, 2.75) is 38.0 Å². The van der Waals surface area contributed by atoms with Crippen molar-refractivity contribution in [2.75, 3.05) is 0 Å². The minimum Gasteiger partial charge on any atom is -0.486 e. The van der Waals surface area contributed by atoms with E-state index in [1.165, 1.54) is 0 Å². The summed E-state index contributed by atoms with van der Waals surface area (Å²) in [5, 5.41) is 2.79. The highest BCUT2D eigenvalue weighted by molar-refractivity contribution is 5.92. The summed E-state index contributed by atoms with van der Waals surface area (Å²) in [5.74, 6) is 0.997. The van der Waals surface area contributed by atoms with E-state index in [9.17, 15) is 9.59 Å². The highest BCUT2D eigenvalue weighted by atomic mass is 16.6. The summed E-state index contributed by atoms with van der Waals surface area (Å²) in [7, 11) is 0. The number of carbonyl (C=O) groups is 2. The van der Waals surface area contributed by atoms with Gasteiger partial charge >= 0.3 is 0 Å². The van der Waals surface area contributed by atoms with Crippen LogP contribution >= 0.6 is 0 Å². The smallest absolute Gasteiger partial charge is 0.295 e. The van der Waals surface area contributed by atoms with Crippen LogP contribution in [0.2, 0.25) is 0 Å². The van der Waals surface area contributed by atoms with Gasteiger partial charge in [0.2, 0.25) is 0 Å². The third kappa shape index (κ3) is 4.54. The van der Waals surface area contributed by atoms with Gasteiger partial charge in [0.1, 0.15) is 18.1 Å². The minimum absolute atomic E-state index is 0.161. The second kappa shape index (κ2) is 8.86. The number of amides is 1. The maximum atomic E-state index is 12.5. The second-order valence-electron chi connectivity index (χ2n) is 7.31. The predicted octanol–water partition coefficient (Wildman–Crippen LogP) is 4.70. The number of benzene rings is 2. The average Bonchev–Trinajstić information content (AvgIpc) is 3.44. The highest BCUT2D eigenvalue weighted by Gasteiger charge is 2.38. The van der Waals surface area contributed by atoms with Crippen molar-refractivity contribution >= 4 is 12.4 Å². The maximum Gasteiger partial charge on any atom is 0.295 e. The first kappa shape index (κ1) is 19.8. The molecule has 0 aliphatic heterocycles. The summed E-state index contributed by atoms with van der Waals surface area (Å²) in [6.45, 7) is 0.587. The molecule has 0 bridgehead atoms. The van der Waals surface area contributed by atoms with Crippen molar-refractivity contribution in [3.05, 3.63) is 78.3 Å². The summed E-state index contributed by atoms with van der Waals surface area (Å²) < 4.78 is 16.5. The Hall–Kier alpha value is -3.54. The molecule has 0 unspecified atom stereocenters. The van der Waals surface area contributed by atoms with Crippen molar-refractivity contribution in [1.29, 1.82) is 0 Å². The van der Waals surface area contributed by atoms with Crippen LogP contribution in [0.3, 0.4) is 0 Å². The molecule has 1 amide bonds. The van der Waals surface area contributed by atoms with Crippen LogP contribution in [0.25, 0.3) is 11.1 Å². The molecule has 1 aliphatic rings. The van der Waals surface area contributed by atoms with Crippen molar-refractivity contribution in [3.63, 3.8) is 0 Å². The molecule has 6 nitrogen and oxygen atoms in total. The van der Waals surface area contributed by atoms with Crippen LogP contribution in [-0.4, -0.2) is 18.1 Å². The summed E-state index contributed by atoms with van der Waals surface area (Å²) in [4.78, 5) is 23.3. The molecular weight excluding hydrogens is 382 g/mol. The van der Waals surface area contributed by atoms with E-state index >= 15 is 0 Å². The van der Waals surface area contributed by atoms with Gasteiger partial charge in [-0.2, -0.15) is 0 Å². The van der Waals surface area contributed by atoms with Gasteiger partial charge < -0.3 is 19.2 Å². The van der Waals surface area contributed by atoms with E-state index < -0.39 is 11.6 Å². The van der Waals surface area contributed by atoms with Gasteiger partial charge in [0.15, 0.2) is 11.5 Å². The Morgan fingerprint density at radius 1 is 0.967 bits per heavy atom. The molecule has 3 aromatic rings. The van der Waals surface area contributed by atoms with Gasteiger partial charge in [0, 0.05) is 12.8 Å². The minimum atomic E-state index is -0.928. The molecule has 1 N–H and O–H groups in total. The summed E-state index contributed by atoms with van der Waals surface area (Å²) in [5.41, 5.74) is 1.32. The van der Waals surface area contributed by atoms with Crippen molar-refractivity contribution in [3.8, 4) is 16.9 Å².